The monoisotopic (exact) mass is 382 g/mol. The second-order valence-corrected chi connectivity index (χ2v) is 5.18. The zero-order chi connectivity index (χ0) is 14.3. The Bertz CT molecular complexity index is 443. The quantitative estimate of drug-likeness (QED) is 0.323. The zero-order valence-corrected chi connectivity index (χ0v) is 12.8. The van der Waals surface area contributed by atoms with Crippen molar-refractivity contribution in [3.8, 4) is 0 Å². The minimum Gasteiger partial charge on any atom is -0.385 e. The molecule has 0 amide bonds. The molecule has 0 saturated carbocycles. The van der Waals surface area contributed by atoms with E-state index in [1.165, 1.54) is 12.1 Å². The highest BCUT2D eigenvalue weighted by Gasteiger charge is 2.16. The summed E-state index contributed by atoms with van der Waals surface area (Å²) < 4.78 is 18.6. The highest BCUT2D eigenvalue weighted by Crippen LogP contribution is 2.28. The van der Waals surface area contributed by atoms with E-state index in [4.69, 9.17) is 4.74 Å². The average molecular weight is 382 g/mol. The van der Waals surface area contributed by atoms with E-state index in [-0.39, 0.29) is 14.9 Å². The number of anilines is 1. The number of nitrogens with zero attached hydrogens (tertiary/aromatic N) is 1. The van der Waals surface area contributed by atoms with Crippen LogP contribution in [0.2, 0.25) is 0 Å². The van der Waals surface area contributed by atoms with Gasteiger partial charge in [-0.3, -0.25) is 10.1 Å². The number of methoxy groups -OCH3 is 1. The number of nitro groups is 1. The molecule has 5 nitrogen and oxygen atoms in total. The van der Waals surface area contributed by atoms with Crippen LogP contribution in [0.15, 0.2) is 12.1 Å². The van der Waals surface area contributed by atoms with E-state index in [0.717, 1.165) is 19.3 Å². The van der Waals surface area contributed by atoms with Crippen LogP contribution in [0.25, 0.3) is 0 Å². The fraction of sp³-hybridized carbons (Fsp3) is 0.500. The molecular formula is C12H16FIN2O3. The van der Waals surface area contributed by atoms with Crippen LogP contribution in [-0.4, -0.2) is 25.2 Å². The van der Waals surface area contributed by atoms with Gasteiger partial charge in [-0.1, -0.05) is 0 Å². The SMILES string of the molecule is COCCCCCNc1cc(F)c(I)cc1[N+](=O)[O-]. The molecule has 19 heavy (non-hydrogen) atoms. The Morgan fingerprint density at radius 1 is 1.42 bits per heavy atom. The van der Waals surface area contributed by atoms with Gasteiger partial charge in [0.05, 0.1) is 8.49 Å². The maximum absolute atomic E-state index is 13.4. The Hall–Kier alpha value is -0.960. The van der Waals surface area contributed by atoms with Crippen LogP contribution in [0, 0.1) is 19.5 Å². The third-order valence-electron chi connectivity index (χ3n) is 2.58. The molecule has 0 radical (unpaired) electrons. The van der Waals surface area contributed by atoms with Gasteiger partial charge in [0, 0.05) is 32.4 Å². The number of halogens is 2. The van der Waals surface area contributed by atoms with Crippen LogP contribution in [0.3, 0.4) is 0 Å². The van der Waals surface area contributed by atoms with Crippen molar-refractivity contribution >= 4 is 34.0 Å². The lowest BCUT2D eigenvalue weighted by Gasteiger charge is -2.08. The first kappa shape index (κ1) is 16.1. The molecule has 1 aromatic carbocycles. The zero-order valence-electron chi connectivity index (χ0n) is 10.6. The summed E-state index contributed by atoms with van der Waals surface area (Å²) in [5, 5.41) is 13.8. The van der Waals surface area contributed by atoms with Gasteiger partial charge < -0.3 is 10.1 Å². The molecule has 1 rings (SSSR count). The van der Waals surface area contributed by atoms with Crippen molar-refractivity contribution in [1.29, 1.82) is 0 Å². The second-order valence-electron chi connectivity index (χ2n) is 4.02. The fourth-order valence-corrected chi connectivity index (χ4v) is 2.05. The summed E-state index contributed by atoms with van der Waals surface area (Å²) >= 11 is 1.74. The second kappa shape index (κ2) is 8.26. The van der Waals surface area contributed by atoms with Crippen molar-refractivity contribution in [3.63, 3.8) is 0 Å². The van der Waals surface area contributed by atoms with Crippen LogP contribution in [0.1, 0.15) is 19.3 Å². The first-order chi connectivity index (χ1) is 9.06. The molecule has 0 aromatic heterocycles. The summed E-state index contributed by atoms with van der Waals surface area (Å²) in [6.45, 7) is 1.28. The molecule has 106 valence electrons. The van der Waals surface area contributed by atoms with Crippen LogP contribution < -0.4 is 5.32 Å². The molecule has 1 aromatic rings. The van der Waals surface area contributed by atoms with Crippen molar-refractivity contribution in [2.75, 3.05) is 25.6 Å². The van der Waals surface area contributed by atoms with Crippen molar-refractivity contribution < 1.29 is 14.1 Å². The molecule has 0 spiro atoms. The van der Waals surface area contributed by atoms with Crippen molar-refractivity contribution in [3.05, 3.63) is 31.6 Å². The Morgan fingerprint density at radius 3 is 2.79 bits per heavy atom. The molecule has 7 heteroatoms. The number of benzene rings is 1. The van der Waals surface area contributed by atoms with Gasteiger partial charge in [-0.25, -0.2) is 4.39 Å². The average Bonchev–Trinajstić information content (AvgIpc) is 2.37. The normalized spacial score (nSPS) is 10.5. The smallest absolute Gasteiger partial charge is 0.293 e. The topological polar surface area (TPSA) is 64.4 Å². The van der Waals surface area contributed by atoms with Crippen molar-refractivity contribution in [2.24, 2.45) is 0 Å². The number of nitrogens with one attached hydrogen (secondary N) is 1. The molecule has 0 aliphatic carbocycles. The Kier molecular flexibility index (Phi) is 7.00. The summed E-state index contributed by atoms with van der Waals surface area (Å²) in [4.78, 5) is 10.4. The van der Waals surface area contributed by atoms with Gasteiger partial charge in [0.15, 0.2) is 0 Å². The minimum absolute atomic E-state index is 0.0947. The summed E-state index contributed by atoms with van der Waals surface area (Å²) in [5.41, 5.74) is 0.136. The van der Waals surface area contributed by atoms with E-state index in [9.17, 15) is 14.5 Å². The fourth-order valence-electron chi connectivity index (χ4n) is 1.60. The molecule has 0 aliphatic rings. The Balaban J connectivity index is 2.57. The maximum atomic E-state index is 13.4. The predicted molar refractivity (Wildman–Crippen MR) is 80.0 cm³/mol. The Morgan fingerprint density at radius 2 is 2.16 bits per heavy atom. The van der Waals surface area contributed by atoms with Crippen LogP contribution in [0.5, 0.6) is 0 Å². The molecule has 0 fully saturated rings. The van der Waals surface area contributed by atoms with Gasteiger partial charge in [0.1, 0.15) is 11.5 Å². The lowest BCUT2D eigenvalue weighted by atomic mass is 10.2. The molecule has 0 aliphatic heterocycles. The van der Waals surface area contributed by atoms with E-state index < -0.39 is 10.7 Å². The lowest BCUT2D eigenvalue weighted by Crippen LogP contribution is -2.06. The van der Waals surface area contributed by atoms with Gasteiger partial charge in [0.25, 0.3) is 5.69 Å². The van der Waals surface area contributed by atoms with Gasteiger partial charge in [-0.05, 0) is 41.9 Å². The lowest BCUT2D eigenvalue weighted by molar-refractivity contribution is -0.384. The van der Waals surface area contributed by atoms with Gasteiger partial charge in [-0.15, -0.1) is 0 Å². The van der Waals surface area contributed by atoms with Crippen LogP contribution in [-0.2, 0) is 4.74 Å². The number of nitro benzene ring substituents is 1. The third kappa shape index (κ3) is 5.27. The maximum Gasteiger partial charge on any atom is 0.293 e. The molecule has 0 heterocycles. The van der Waals surface area contributed by atoms with E-state index >= 15 is 0 Å². The van der Waals surface area contributed by atoms with E-state index in [1.54, 1.807) is 29.7 Å². The number of unbranched alkanes of at least 4 members (excludes halogenated alkanes) is 2. The first-order valence-corrected chi connectivity index (χ1v) is 7.00. The molecule has 0 atom stereocenters. The highest BCUT2D eigenvalue weighted by atomic mass is 127. The molecule has 0 saturated heterocycles. The van der Waals surface area contributed by atoms with Crippen LogP contribution in [0.4, 0.5) is 15.8 Å². The standard InChI is InChI=1S/C12H16FIN2O3/c1-19-6-4-2-3-5-15-11-7-9(13)10(14)8-12(11)16(17)18/h7-8,15H,2-6H2,1H3. The first-order valence-electron chi connectivity index (χ1n) is 5.92. The largest absolute Gasteiger partial charge is 0.385 e. The van der Waals surface area contributed by atoms with Crippen molar-refractivity contribution in [1.82, 2.24) is 0 Å². The highest BCUT2D eigenvalue weighted by molar-refractivity contribution is 14.1. The van der Waals surface area contributed by atoms with Crippen LogP contribution >= 0.6 is 22.6 Å². The number of hydrogen-bond acceptors (Lipinski definition) is 4. The van der Waals surface area contributed by atoms with Gasteiger partial charge in [-0.2, -0.15) is 0 Å². The van der Waals surface area contributed by atoms with E-state index in [1.807, 2.05) is 0 Å². The van der Waals surface area contributed by atoms with E-state index in [0.29, 0.717) is 13.2 Å². The van der Waals surface area contributed by atoms with Gasteiger partial charge >= 0.3 is 0 Å². The number of hydrogen-bond donors (Lipinski definition) is 1. The molecule has 0 bridgehead atoms. The summed E-state index contributed by atoms with van der Waals surface area (Å²) in [7, 11) is 1.65. The summed E-state index contributed by atoms with van der Waals surface area (Å²) in [6.07, 6.45) is 2.76. The number of ether oxygens (including phenoxy) is 1. The predicted octanol–water partition coefficient (Wildman–Crippen LogP) is 3.57. The summed E-state index contributed by atoms with van der Waals surface area (Å²) in [6, 6.07) is 2.41. The van der Waals surface area contributed by atoms with Gasteiger partial charge in [0.2, 0.25) is 0 Å². The molecule has 1 N–H and O–H groups in total. The van der Waals surface area contributed by atoms with Crippen molar-refractivity contribution in [2.45, 2.75) is 19.3 Å². The Labute approximate surface area is 124 Å². The van der Waals surface area contributed by atoms with E-state index in [2.05, 4.69) is 5.32 Å². The molecule has 0 unspecified atom stereocenters. The number of rotatable bonds is 8. The minimum atomic E-state index is -0.505. The third-order valence-corrected chi connectivity index (χ3v) is 3.40. The molecular weight excluding hydrogens is 366 g/mol. The summed E-state index contributed by atoms with van der Waals surface area (Å²) in [5.74, 6) is -0.451.